The quantitative estimate of drug-likeness (QED) is 0.922. The summed E-state index contributed by atoms with van der Waals surface area (Å²) >= 11 is 2.99. The van der Waals surface area contributed by atoms with Crippen molar-refractivity contribution in [1.82, 2.24) is 4.98 Å². The van der Waals surface area contributed by atoms with Crippen molar-refractivity contribution >= 4 is 15.9 Å². The lowest BCUT2D eigenvalue weighted by atomic mass is 10.0. The van der Waals surface area contributed by atoms with Crippen LogP contribution in [0.2, 0.25) is 0 Å². The largest absolute Gasteiger partial charge is 0.492 e. The van der Waals surface area contributed by atoms with E-state index in [9.17, 15) is 13.9 Å². The van der Waals surface area contributed by atoms with E-state index >= 15 is 0 Å². The average molecular weight is 344 g/mol. The first-order valence-electron chi connectivity index (χ1n) is 5.93. The highest BCUT2D eigenvalue weighted by Crippen LogP contribution is 2.30. The Bertz CT molecular complexity index is 599. The first-order valence-corrected chi connectivity index (χ1v) is 6.72. The van der Waals surface area contributed by atoms with Crippen LogP contribution in [0, 0.1) is 11.6 Å². The van der Waals surface area contributed by atoms with Gasteiger partial charge in [0.2, 0.25) is 0 Å². The van der Waals surface area contributed by atoms with E-state index in [4.69, 9.17) is 4.74 Å². The van der Waals surface area contributed by atoms with Gasteiger partial charge in [0.05, 0.1) is 18.4 Å². The second-order valence-corrected chi connectivity index (χ2v) is 4.99. The molecular weight excluding hydrogens is 332 g/mol. The molecule has 1 N–H and O–H groups in total. The van der Waals surface area contributed by atoms with Crippen LogP contribution in [-0.2, 0) is 0 Å². The van der Waals surface area contributed by atoms with Crippen molar-refractivity contribution in [3.63, 3.8) is 0 Å². The summed E-state index contributed by atoms with van der Waals surface area (Å²) in [7, 11) is 0. The molecule has 0 aliphatic heterocycles. The summed E-state index contributed by atoms with van der Waals surface area (Å²) in [5.41, 5.74) is -0.153. The van der Waals surface area contributed by atoms with Crippen LogP contribution in [-0.4, -0.2) is 16.7 Å². The molecule has 1 aromatic heterocycles. The molecule has 0 fully saturated rings. The van der Waals surface area contributed by atoms with Gasteiger partial charge >= 0.3 is 0 Å². The molecule has 0 aliphatic rings. The van der Waals surface area contributed by atoms with Crippen LogP contribution in [0.4, 0.5) is 8.78 Å². The lowest BCUT2D eigenvalue weighted by Crippen LogP contribution is -2.07. The minimum absolute atomic E-state index is 0.260. The van der Waals surface area contributed by atoms with Crippen molar-refractivity contribution in [1.29, 1.82) is 0 Å². The summed E-state index contributed by atoms with van der Waals surface area (Å²) in [4.78, 5) is 3.89. The van der Waals surface area contributed by atoms with Gasteiger partial charge < -0.3 is 9.84 Å². The number of ether oxygens (including phenoxy) is 1. The van der Waals surface area contributed by atoms with E-state index in [1.54, 1.807) is 6.92 Å². The minimum Gasteiger partial charge on any atom is -0.492 e. The molecule has 1 aromatic carbocycles. The molecule has 2 rings (SSSR count). The van der Waals surface area contributed by atoms with Gasteiger partial charge in [0, 0.05) is 16.2 Å². The third-order valence-corrected chi connectivity index (χ3v) is 3.14. The molecule has 3 nitrogen and oxygen atoms in total. The summed E-state index contributed by atoms with van der Waals surface area (Å²) < 4.78 is 33.1. The zero-order chi connectivity index (χ0) is 14.7. The van der Waals surface area contributed by atoms with Gasteiger partial charge in [0.25, 0.3) is 0 Å². The van der Waals surface area contributed by atoms with Crippen LogP contribution in [0.1, 0.15) is 24.2 Å². The Kier molecular flexibility index (Phi) is 4.67. The molecular formula is C14H12BrF2NO2. The van der Waals surface area contributed by atoms with E-state index < -0.39 is 23.3 Å². The van der Waals surface area contributed by atoms with Gasteiger partial charge in [-0.3, -0.25) is 4.98 Å². The van der Waals surface area contributed by atoms with Crippen LogP contribution in [0.15, 0.2) is 35.1 Å². The number of hydrogen-bond donors (Lipinski definition) is 1. The first-order chi connectivity index (χ1) is 9.52. The fourth-order valence-corrected chi connectivity index (χ4v) is 2.21. The molecule has 1 atom stereocenters. The lowest BCUT2D eigenvalue weighted by molar-refractivity contribution is 0.207. The summed E-state index contributed by atoms with van der Waals surface area (Å²) in [6, 6.07) is 3.70. The van der Waals surface area contributed by atoms with Gasteiger partial charge in [0.15, 0.2) is 0 Å². The van der Waals surface area contributed by atoms with Crippen LogP contribution < -0.4 is 4.74 Å². The predicted molar refractivity (Wildman–Crippen MR) is 73.5 cm³/mol. The standard InChI is InChI=1S/C14H12BrF2NO2/c1-2-20-10-3-8(6-18-7-10)14(19)13-11(16)4-9(15)5-12(13)17/h3-7,14,19H,2H2,1H3. The van der Waals surface area contributed by atoms with Crippen molar-refractivity contribution in [2.24, 2.45) is 0 Å². The fraction of sp³-hybridized carbons (Fsp3) is 0.214. The monoisotopic (exact) mass is 343 g/mol. The summed E-state index contributed by atoms with van der Waals surface area (Å²) in [6.45, 7) is 2.24. The highest BCUT2D eigenvalue weighted by Gasteiger charge is 2.21. The molecule has 0 aliphatic carbocycles. The average Bonchev–Trinajstić information content (AvgIpc) is 2.38. The Morgan fingerprint density at radius 2 is 1.90 bits per heavy atom. The normalized spacial score (nSPS) is 12.2. The van der Waals surface area contributed by atoms with E-state index in [-0.39, 0.29) is 10.0 Å². The fourth-order valence-electron chi connectivity index (χ4n) is 1.81. The molecule has 2 aromatic rings. The predicted octanol–water partition coefficient (Wildman–Crippen LogP) is 3.60. The lowest BCUT2D eigenvalue weighted by Gasteiger charge is -2.14. The molecule has 20 heavy (non-hydrogen) atoms. The molecule has 0 saturated heterocycles. The molecule has 0 bridgehead atoms. The molecule has 0 saturated carbocycles. The third-order valence-electron chi connectivity index (χ3n) is 2.68. The maximum absolute atomic E-state index is 13.8. The van der Waals surface area contributed by atoms with Gasteiger partial charge in [-0.05, 0) is 25.1 Å². The van der Waals surface area contributed by atoms with Crippen molar-refractivity contribution in [3.8, 4) is 5.75 Å². The maximum atomic E-state index is 13.8. The summed E-state index contributed by atoms with van der Waals surface area (Å²) in [6.07, 6.45) is 1.36. The number of halogens is 3. The van der Waals surface area contributed by atoms with Crippen molar-refractivity contribution in [3.05, 3.63) is 57.8 Å². The van der Waals surface area contributed by atoms with E-state index in [0.29, 0.717) is 12.4 Å². The molecule has 0 spiro atoms. The SMILES string of the molecule is CCOc1cncc(C(O)c2c(F)cc(Br)cc2F)c1. The Balaban J connectivity index is 2.41. The molecule has 1 heterocycles. The summed E-state index contributed by atoms with van der Waals surface area (Å²) in [5, 5.41) is 10.1. The number of pyridine rings is 1. The summed E-state index contributed by atoms with van der Waals surface area (Å²) in [5.74, 6) is -1.22. The van der Waals surface area contributed by atoms with Crippen molar-refractivity contribution < 1.29 is 18.6 Å². The Hall–Kier alpha value is -1.53. The van der Waals surface area contributed by atoms with Crippen molar-refractivity contribution in [2.75, 3.05) is 6.61 Å². The number of hydrogen-bond acceptors (Lipinski definition) is 3. The Labute approximate surface area is 123 Å². The molecule has 6 heteroatoms. The van der Waals surface area contributed by atoms with Crippen molar-refractivity contribution in [2.45, 2.75) is 13.0 Å². The number of aromatic nitrogens is 1. The van der Waals surface area contributed by atoms with E-state index in [2.05, 4.69) is 20.9 Å². The van der Waals surface area contributed by atoms with Gasteiger partial charge in [-0.15, -0.1) is 0 Å². The van der Waals surface area contributed by atoms with E-state index in [1.165, 1.54) is 18.5 Å². The third kappa shape index (κ3) is 3.13. The number of aliphatic hydroxyl groups excluding tert-OH is 1. The molecule has 1 unspecified atom stereocenters. The maximum Gasteiger partial charge on any atom is 0.137 e. The number of aliphatic hydroxyl groups is 1. The van der Waals surface area contributed by atoms with Crippen LogP contribution in [0.5, 0.6) is 5.75 Å². The van der Waals surface area contributed by atoms with E-state index in [1.807, 2.05) is 0 Å². The number of benzene rings is 1. The Morgan fingerprint density at radius 1 is 1.25 bits per heavy atom. The van der Waals surface area contributed by atoms with Crippen LogP contribution in [0.25, 0.3) is 0 Å². The number of nitrogens with zero attached hydrogens (tertiary/aromatic N) is 1. The molecule has 106 valence electrons. The van der Waals surface area contributed by atoms with Crippen LogP contribution >= 0.6 is 15.9 Å². The smallest absolute Gasteiger partial charge is 0.137 e. The topological polar surface area (TPSA) is 42.4 Å². The van der Waals surface area contributed by atoms with E-state index in [0.717, 1.165) is 12.1 Å². The second-order valence-electron chi connectivity index (χ2n) is 4.07. The highest BCUT2D eigenvalue weighted by atomic mass is 79.9. The zero-order valence-corrected chi connectivity index (χ0v) is 12.2. The van der Waals surface area contributed by atoms with Crippen LogP contribution in [0.3, 0.4) is 0 Å². The van der Waals surface area contributed by atoms with Gasteiger partial charge in [-0.25, -0.2) is 8.78 Å². The van der Waals surface area contributed by atoms with Gasteiger partial charge in [-0.1, -0.05) is 15.9 Å². The molecule has 0 radical (unpaired) electrons. The highest BCUT2D eigenvalue weighted by molar-refractivity contribution is 9.10. The number of rotatable bonds is 4. The van der Waals surface area contributed by atoms with Gasteiger partial charge in [0.1, 0.15) is 23.5 Å². The first kappa shape index (κ1) is 14.9. The zero-order valence-electron chi connectivity index (χ0n) is 10.6. The molecule has 0 amide bonds. The minimum atomic E-state index is -1.45. The second kappa shape index (κ2) is 6.28. The Morgan fingerprint density at radius 3 is 2.50 bits per heavy atom. The van der Waals surface area contributed by atoms with Gasteiger partial charge in [-0.2, -0.15) is 0 Å².